The van der Waals surface area contributed by atoms with Crippen LogP contribution in [0.15, 0.2) is 0 Å². The van der Waals surface area contributed by atoms with Gasteiger partial charge < -0.3 is 14.9 Å². The van der Waals surface area contributed by atoms with Crippen molar-refractivity contribution in [3.8, 4) is 0 Å². The van der Waals surface area contributed by atoms with Crippen molar-refractivity contribution in [1.82, 2.24) is 0 Å². The van der Waals surface area contributed by atoms with Gasteiger partial charge in [-0.1, -0.05) is 0 Å². The van der Waals surface area contributed by atoms with Crippen LogP contribution in [-0.4, -0.2) is 34.5 Å². The van der Waals surface area contributed by atoms with Crippen molar-refractivity contribution in [3.63, 3.8) is 0 Å². The standard InChI is InChI=1S/C6H12O3S/c7-3-5-1-4(8)2-6(10)9-5/h4-8,10H,1-3H2. The van der Waals surface area contributed by atoms with Crippen LogP contribution < -0.4 is 0 Å². The molecule has 1 aliphatic heterocycles. The molecule has 0 aliphatic carbocycles. The summed E-state index contributed by atoms with van der Waals surface area (Å²) in [7, 11) is 0. The number of aliphatic hydroxyl groups excluding tert-OH is 2. The Labute approximate surface area is 65.4 Å². The fourth-order valence-corrected chi connectivity index (χ4v) is 1.50. The molecule has 3 nitrogen and oxygen atoms in total. The van der Waals surface area contributed by atoms with Crippen LogP contribution in [0.2, 0.25) is 0 Å². The molecule has 0 aromatic carbocycles. The highest BCUT2D eigenvalue weighted by atomic mass is 32.1. The SMILES string of the molecule is OCC1CC(O)CC(S)O1. The maximum atomic E-state index is 9.14. The lowest BCUT2D eigenvalue weighted by Crippen LogP contribution is -2.34. The zero-order valence-electron chi connectivity index (χ0n) is 5.60. The van der Waals surface area contributed by atoms with Crippen LogP contribution >= 0.6 is 12.6 Å². The minimum Gasteiger partial charge on any atom is -0.394 e. The lowest BCUT2D eigenvalue weighted by atomic mass is 10.1. The molecule has 2 N–H and O–H groups in total. The van der Waals surface area contributed by atoms with E-state index in [1.165, 1.54) is 0 Å². The van der Waals surface area contributed by atoms with E-state index in [9.17, 15) is 0 Å². The molecule has 0 spiro atoms. The minimum absolute atomic E-state index is 0.0336. The van der Waals surface area contributed by atoms with Gasteiger partial charge in [0.2, 0.25) is 0 Å². The second-order valence-corrected chi connectivity index (χ2v) is 3.10. The first-order valence-corrected chi connectivity index (χ1v) is 3.86. The average Bonchev–Trinajstić information content (AvgIpc) is 1.85. The summed E-state index contributed by atoms with van der Waals surface area (Å²) in [5, 5.41) is 17.8. The van der Waals surface area contributed by atoms with Gasteiger partial charge in [0, 0.05) is 12.8 Å². The predicted octanol–water partition coefficient (Wildman–Crippen LogP) is -0.225. The number of rotatable bonds is 1. The van der Waals surface area contributed by atoms with Gasteiger partial charge in [-0.2, -0.15) is 0 Å². The third kappa shape index (κ3) is 2.12. The Kier molecular flexibility index (Phi) is 2.97. The Morgan fingerprint density at radius 1 is 1.50 bits per heavy atom. The summed E-state index contributed by atoms with van der Waals surface area (Å²) in [6.45, 7) is -0.0336. The predicted molar refractivity (Wildman–Crippen MR) is 40.0 cm³/mol. The molecule has 4 heteroatoms. The van der Waals surface area contributed by atoms with Crippen LogP contribution in [0.1, 0.15) is 12.8 Å². The number of hydrogen-bond acceptors (Lipinski definition) is 4. The van der Waals surface area contributed by atoms with Gasteiger partial charge in [-0.25, -0.2) is 0 Å². The molecular weight excluding hydrogens is 152 g/mol. The highest BCUT2D eigenvalue weighted by Gasteiger charge is 2.25. The molecule has 0 aromatic heterocycles. The molecule has 60 valence electrons. The van der Waals surface area contributed by atoms with Gasteiger partial charge in [-0.15, -0.1) is 12.6 Å². The lowest BCUT2D eigenvalue weighted by molar-refractivity contribution is -0.0775. The van der Waals surface area contributed by atoms with Crippen LogP contribution in [0.4, 0.5) is 0 Å². The van der Waals surface area contributed by atoms with Crippen molar-refractivity contribution in [2.75, 3.05) is 6.61 Å². The molecule has 0 bridgehead atoms. The van der Waals surface area contributed by atoms with E-state index in [4.69, 9.17) is 14.9 Å². The van der Waals surface area contributed by atoms with Gasteiger partial charge in [0.1, 0.15) is 5.44 Å². The summed E-state index contributed by atoms with van der Waals surface area (Å²) in [5.74, 6) is 0. The van der Waals surface area contributed by atoms with E-state index in [0.29, 0.717) is 12.8 Å². The van der Waals surface area contributed by atoms with Gasteiger partial charge in [0.05, 0.1) is 18.8 Å². The maximum Gasteiger partial charge on any atom is 0.103 e. The van der Waals surface area contributed by atoms with E-state index < -0.39 is 0 Å². The summed E-state index contributed by atoms with van der Waals surface area (Å²) in [6, 6.07) is 0. The summed E-state index contributed by atoms with van der Waals surface area (Å²) in [6.07, 6.45) is 0.479. The topological polar surface area (TPSA) is 49.7 Å². The van der Waals surface area contributed by atoms with Crippen LogP contribution in [-0.2, 0) is 4.74 Å². The molecule has 0 amide bonds. The summed E-state index contributed by atoms with van der Waals surface area (Å²) >= 11 is 4.04. The van der Waals surface area contributed by atoms with Crippen molar-refractivity contribution in [1.29, 1.82) is 0 Å². The average molecular weight is 164 g/mol. The van der Waals surface area contributed by atoms with Gasteiger partial charge in [0.15, 0.2) is 0 Å². The lowest BCUT2D eigenvalue weighted by Gasteiger charge is -2.29. The van der Waals surface area contributed by atoms with E-state index in [0.717, 1.165) is 0 Å². The maximum absolute atomic E-state index is 9.14. The smallest absolute Gasteiger partial charge is 0.103 e. The number of ether oxygens (including phenoxy) is 1. The Morgan fingerprint density at radius 2 is 2.20 bits per heavy atom. The second-order valence-electron chi connectivity index (χ2n) is 2.52. The van der Waals surface area contributed by atoms with Crippen molar-refractivity contribution >= 4 is 12.6 Å². The van der Waals surface area contributed by atoms with E-state index in [1.807, 2.05) is 0 Å². The molecule has 1 fully saturated rings. The highest BCUT2D eigenvalue weighted by molar-refractivity contribution is 7.80. The van der Waals surface area contributed by atoms with Gasteiger partial charge in [-0.05, 0) is 0 Å². The number of hydrogen-bond donors (Lipinski definition) is 3. The van der Waals surface area contributed by atoms with E-state index in [1.54, 1.807) is 0 Å². The molecule has 1 heterocycles. The quantitative estimate of drug-likeness (QED) is 0.469. The van der Waals surface area contributed by atoms with Crippen molar-refractivity contribution < 1.29 is 14.9 Å². The zero-order chi connectivity index (χ0) is 7.56. The third-order valence-electron chi connectivity index (χ3n) is 1.56. The summed E-state index contributed by atoms with van der Waals surface area (Å²) in [4.78, 5) is 0. The Balaban J connectivity index is 2.35. The monoisotopic (exact) mass is 164 g/mol. The first-order chi connectivity index (χ1) is 4.72. The Hall–Kier alpha value is 0.230. The van der Waals surface area contributed by atoms with Crippen LogP contribution in [0, 0.1) is 0 Å². The van der Waals surface area contributed by atoms with Gasteiger partial charge >= 0.3 is 0 Å². The van der Waals surface area contributed by atoms with E-state index in [-0.39, 0.29) is 24.3 Å². The fourth-order valence-electron chi connectivity index (χ4n) is 1.08. The third-order valence-corrected chi connectivity index (χ3v) is 1.89. The van der Waals surface area contributed by atoms with Crippen LogP contribution in [0.25, 0.3) is 0 Å². The first kappa shape index (κ1) is 8.33. The van der Waals surface area contributed by atoms with E-state index >= 15 is 0 Å². The molecule has 0 radical (unpaired) electrons. The Bertz CT molecular complexity index is 99.2. The van der Waals surface area contributed by atoms with Gasteiger partial charge in [-0.3, -0.25) is 0 Å². The minimum atomic E-state index is -0.367. The summed E-state index contributed by atoms with van der Waals surface area (Å²) < 4.78 is 5.16. The summed E-state index contributed by atoms with van der Waals surface area (Å²) in [5.41, 5.74) is -0.221. The normalized spacial score (nSPS) is 41.7. The Morgan fingerprint density at radius 3 is 2.70 bits per heavy atom. The van der Waals surface area contributed by atoms with Crippen LogP contribution in [0.3, 0.4) is 0 Å². The fraction of sp³-hybridized carbons (Fsp3) is 1.00. The van der Waals surface area contributed by atoms with Crippen molar-refractivity contribution in [2.24, 2.45) is 0 Å². The molecule has 3 unspecified atom stereocenters. The van der Waals surface area contributed by atoms with E-state index in [2.05, 4.69) is 12.6 Å². The van der Waals surface area contributed by atoms with Crippen molar-refractivity contribution in [2.45, 2.75) is 30.5 Å². The molecule has 1 saturated heterocycles. The zero-order valence-corrected chi connectivity index (χ0v) is 6.50. The molecule has 0 aromatic rings. The molecule has 10 heavy (non-hydrogen) atoms. The second kappa shape index (κ2) is 3.57. The number of aliphatic hydroxyl groups is 2. The number of thiol groups is 1. The first-order valence-electron chi connectivity index (χ1n) is 3.35. The molecule has 1 aliphatic rings. The molecular formula is C6H12O3S. The van der Waals surface area contributed by atoms with Crippen molar-refractivity contribution in [3.05, 3.63) is 0 Å². The van der Waals surface area contributed by atoms with Crippen LogP contribution in [0.5, 0.6) is 0 Å². The molecule has 3 atom stereocenters. The molecule has 0 saturated carbocycles. The largest absolute Gasteiger partial charge is 0.394 e. The highest BCUT2D eigenvalue weighted by Crippen LogP contribution is 2.20. The van der Waals surface area contributed by atoms with Gasteiger partial charge in [0.25, 0.3) is 0 Å². The molecule has 1 rings (SSSR count).